The highest BCUT2D eigenvalue weighted by Crippen LogP contribution is 2.42. The van der Waals surface area contributed by atoms with Crippen LogP contribution < -0.4 is 0 Å². The van der Waals surface area contributed by atoms with E-state index in [1.165, 1.54) is 12.1 Å². The van der Waals surface area contributed by atoms with E-state index in [0.29, 0.717) is 0 Å². The fraction of sp³-hybridized carbons (Fsp3) is 0.267. The standard InChI is InChI=1S/C15H13O8P/c16-11(7-24(20,21)23-19)15-12-10(5-6-22-15)13(17)8-3-1-2-4-9(8)14(12)18/h1-4,15,19H,5-7H2,(H,20,21). The van der Waals surface area contributed by atoms with Gasteiger partial charge in [0.1, 0.15) is 12.3 Å². The molecule has 0 fully saturated rings. The van der Waals surface area contributed by atoms with E-state index in [1.807, 2.05) is 0 Å². The van der Waals surface area contributed by atoms with Crippen LogP contribution in [0.5, 0.6) is 0 Å². The van der Waals surface area contributed by atoms with Crippen LogP contribution in [0.3, 0.4) is 0 Å². The van der Waals surface area contributed by atoms with Gasteiger partial charge in [-0.15, -0.1) is 0 Å². The third-order valence-electron chi connectivity index (χ3n) is 3.93. The van der Waals surface area contributed by atoms with Gasteiger partial charge in [-0.1, -0.05) is 24.3 Å². The lowest BCUT2D eigenvalue weighted by Gasteiger charge is -2.30. The summed E-state index contributed by atoms with van der Waals surface area (Å²) in [7, 11) is -4.54. The van der Waals surface area contributed by atoms with E-state index in [4.69, 9.17) is 9.99 Å². The van der Waals surface area contributed by atoms with Crippen LogP contribution in [0.2, 0.25) is 0 Å². The molecule has 1 aromatic carbocycles. The summed E-state index contributed by atoms with van der Waals surface area (Å²) in [4.78, 5) is 46.7. The Morgan fingerprint density at radius 1 is 1.25 bits per heavy atom. The molecule has 0 bridgehead atoms. The molecule has 0 amide bonds. The topological polar surface area (TPSA) is 127 Å². The molecular formula is C15H13O8P. The average molecular weight is 352 g/mol. The summed E-state index contributed by atoms with van der Waals surface area (Å²) >= 11 is 0. The number of carbonyl (C=O) groups is 3. The summed E-state index contributed by atoms with van der Waals surface area (Å²) in [6, 6.07) is 6.24. The van der Waals surface area contributed by atoms with Crippen LogP contribution in [-0.4, -0.2) is 46.4 Å². The van der Waals surface area contributed by atoms with Crippen LogP contribution in [0.1, 0.15) is 27.1 Å². The molecule has 2 aliphatic rings. The van der Waals surface area contributed by atoms with Gasteiger partial charge in [-0.3, -0.25) is 18.9 Å². The van der Waals surface area contributed by atoms with Crippen LogP contribution in [0.15, 0.2) is 35.4 Å². The molecule has 0 radical (unpaired) electrons. The van der Waals surface area contributed by atoms with Crippen molar-refractivity contribution in [3.63, 3.8) is 0 Å². The van der Waals surface area contributed by atoms with Crippen LogP contribution in [-0.2, 0) is 18.8 Å². The quantitative estimate of drug-likeness (QED) is 0.473. The lowest BCUT2D eigenvalue weighted by atomic mass is 9.79. The minimum atomic E-state index is -4.54. The van der Waals surface area contributed by atoms with Crippen molar-refractivity contribution in [3.8, 4) is 0 Å². The van der Waals surface area contributed by atoms with Crippen molar-refractivity contribution in [2.24, 2.45) is 0 Å². The van der Waals surface area contributed by atoms with Crippen molar-refractivity contribution < 1.29 is 38.5 Å². The molecule has 1 aromatic rings. The van der Waals surface area contributed by atoms with E-state index in [9.17, 15) is 23.8 Å². The second-order valence-corrected chi connectivity index (χ2v) is 7.19. The number of Topliss-reactive ketones (excluding diaryl/α,β-unsaturated/α-hetero) is 3. The maximum absolute atomic E-state index is 12.7. The van der Waals surface area contributed by atoms with Crippen LogP contribution in [0.25, 0.3) is 0 Å². The van der Waals surface area contributed by atoms with Crippen molar-refractivity contribution in [2.75, 3.05) is 12.8 Å². The van der Waals surface area contributed by atoms with Gasteiger partial charge in [0, 0.05) is 28.7 Å². The van der Waals surface area contributed by atoms with Crippen molar-refractivity contribution in [1.29, 1.82) is 0 Å². The number of ether oxygens (including phenoxy) is 1. The number of fused-ring (bicyclic) bond motifs is 1. The molecule has 1 aliphatic carbocycles. The molecule has 0 aromatic heterocycles. The Balaban J connectivity index is 2.02. The Morgan fingerprint density at radius 2 is 1.88 bits per heavy atom. The Labute approximate surface area is 136 Å². The van der Waals surface area contributed by atoms with Gasteiger partial charge in [0.25, 0.3) is 0 Å². The van der Waals surface area contributed by atoms with E-state index in [-0.39, 0.29) is 41.1 Å². The first-order chi connectivity index (χ1) is 11.4. The number of carbonyl (C=O) groups excluding carboxylic acids is 3. The van der Waals surface area contributed by atoms with Gasteiger partial charge in [-0.05, 0) is 0 Å². The van der Waals surface area contributed by atoms with Gasteiger partial charge in [-0.25, -0.2) is 5.26 Å². The third-order valence-corrected chi connectivity index (χ3v) is 4.90. The first-order valence-electron chi connectivity index (χ1n) is 7.06. The lowest BCUT2D eigenvalue weighted by Crippen LogP contribution is -2.40. The Morgan fingerprint density at radius 3 is 2.50 bits per heavy atom. The summed E-state index contributed by atoms with van der Waals surface area (Å²) in [5.74, 6) is -1.79. The number of hydrogen-bond donors (Lipinski definition) is 2. The van der Waals surface area contributed by atoms with Crippen molar-refractivity contribution in [2.45, 2.75) is 12.5 Å². The zero-order chi connectivity index (χ0) is 17.5. The van der Waals surface area contributed by atoms with E-state index in [0.717, 1.165) is 0 Å². The molecule has 0 saturated carbocycles. The highest BCUT2D eigenvalue weighted by atomic mass is 31.2. The Hall–Kier alpha value is -1.96. The predicted molar refractivity (Wildman–Crippen MR) is 79.9 cm³/mol. The van der Waals surface area contributed by atoms with Gasteiger partial charge in [-0.2, -0.15) is 4.67 Å². The first kappa shape index (κ1) is 16.9. The normalized spacial score (nSPS) is 22.7. The third kappa shape index (κ3) is 2.79. The molecule has 2 atom stereocenters. The van der Waals surface area contributed by atoms with Gasteiger partial charge >= 0.3 is 7.60 Å². The number of rotatable bonds is 4. The van der Waals surface area contributed by atoms with Gasteiger partial charge in [0.15, 0.2) is 17.3 Å². The fourth-order valence-corrected chi connectivity index (χ4v) is 3.51. The molecule has 2 unspecified atom stereocenters. The minimum absolute atomic E-state index is 0.0200. The highest BCUT2D eigenvalue weighted by molar-refractivity contribution is 7.53. The lowest BCUT2D eigenvalue weighted by molar-refractivity contribution is -0.147. The van der Waals surface area contributed by atoms with E-state index in [2.05, 4.69) is 4.67 Å². The minimum Gasteiger partial charge on any atom is -0.365 e. The molecule has 0 spiro atoms. The molecular weight excluding hydrogens is 339 g/mol. The SMILES string of the molecule is O=C1C2=C(C(=O)c3ccccc31)C(C(=O)CP(=O)(O)OO)OCC2. The summed E-state index contributed by atoms with van der Waals surface area (Å²) in [6.45, 7) is 0.0200. The van der Waals surface area contributed by atoms with Gasteiger partial charge in [0.2, 0.25) is 0 Å². The van der Waals surface area contributed by atoms with Crippen molar-refractivity contribution >= 4 is 24.9 Å². The summed E-state index contributed by atoms with van der Waals surface area (Å²) in [5, 5.41) is 8.36. The van der Waals surface area contributed by atoms with Crippen molar-refractivity contribution in [3.05, 3.63) is 46.5 Å². The fourth-order valence-electron chi connectivity index (χ4n) is 2.90. The zero-order valence-corrected chi connectivity index (χ0v) is 13.2. The second-order valence-electron chi connectivity index (χ2n) is 5.44. The average Bonchev–Trinajstić information content (AvgIpc) is 2.58. The molecule has 1 aliphatic heterocycles. The van der Waals surface area contributed by atoms with E-state index >= 15 is 0 Å². The molecule has 126 valence electrons. The van der Waals surface area contributed by atoms with Crippen LogP contribution >= 0.6 is 7.60 Å². The maximum atomic E-state index is 12.7. The molecule has 9 heteroatoms. The number of ketones is 3. The van der Waals surface area contributed by atoms with Gasteiger partial charge < -0.3 is 9.63 Å². The molecule has 0 saturated heterocycles. The molecule has 3 rings (SSSR count). The van der Waals surface area contributed by atoms with Crippen LogP contribution in [0.4, 0.5) is 0 Å². The molecule has 8 nitrogen and oxygen atoms in total. The van der Waals surface area contributed by atoms with E-state index < -0.39 is 31.4 Å². The summed E-state index contributed by atoms with van der Waals surface area (Å²) < 4.78 is 20.1. The maximum Gasteiger partial charge on any atom is 0.362 e. The molecule has 2 N–H and O–H groups in total. The second kappa shape index (κ2) is 6.16. The molecule has 24 heavy (non-hydrogen) atoms. The number of hydrogen-bond acceptors (Lipinski definition) is 7. The summed E-state index contributed by atoms with van der Waals surface area (Å²) in [6.07, 6.45) is -2.30. The molecule has 1 heterocycles. The van der Waals surface area contributed by atoms with Crippen LogP contribution in [0, 0.1) is 0 Å². The predicted octanol–water partition coefficient (Wildman–Crippen LogP) is 1.40. The monoisotopic (exact) mass is 352 g/mol. The highest BCUT2D eigenvalue weighted by Gasteiger charge is 2.42. The Bertz CT molecular complexity index is 825. The van der Waals surface area contributed by atoms with E-state index in [1.54, 1.807) is 12.1 Å². The van der Waals surface area contributed by atoms with Gasteiger partial charge in [0.05, 0.1) is 6.61 Å². The first-order valence-corrected chi connectivity index (χ1v) is 8.83. The smallest absolute Gasteiger partial charge is 0.362 e. The zero-order valence-electron chi connectivity index (χ0n) is 12.3. The van der Waals surface area contributed by atoms with Crippen molar-refractivity contribution in [1.82, 2.24) is 0 Å². The Kier molecular flexibility index (Phi) is 4.33. The summed E-state index contributed by atoms with van der Waals surface area (Å²) in [5.41, 5.74) is 0.505. The largest absolute Gasteiger partial charge is 0.365 e. The number of benzene rings is 1.